The number of halogens is 1. The molecule has 7 heteroatoms. The van der Waals surface area contributed by atoms with Crippen molar-refractivity contribution in [2.75, 3.05) is 19.6 Å². The molecular weight excluding hydrogens is 318 g/mol. The molecule has 1 atom stereocenters. The molecule has 23 heavy (non-hydrogen) atoms. The number of carbonyl (C=O) groups excluding carboxylic acids is 3. The molecular formula is C16H22ClN3O3. The zero-order valence-electron chi connectivity index (χ0n) is 13.4. The van der Waals surface area contributed by atoms with Crippen LogP contribution in [0.3, 0.4) is 0 Å². The summed E-state index contributed by atoms with van der Waals surface area (Å²) in [5, 5.41) is 5.67. The third-order valence-electron chi connectivity index (χ3n) is 4.07. The summed E-state index contributed by atoms with van der Waals surface area (Å²) in [4.78, 5) is 37.1. The zero-order chi connectivity index (χ0) is 17.0. The molecule has 2 rings (SSSR count). The minimum atomic E-state index is -0.326. The van der Waals surface area contributed by atoms with E-state index in [4.69, 9.17) is 11.6 Å². The SMILES string of the molecule is CC(=O)NC1=CC(Cl)=C(C(=O)NCC(=O)N2CCCC2)CC1C. The van der Waals surface area contributed by atoms with Gasteiger partial charge in [0.05, 0.1) is 11.6 Å². The summed E-state index contributed by atoms with van der Waals surface area (Å²) in [7, 11) is 0. The normalized spacial score (nSPS) is 21.1. The number of nitrogens with zero attached hydrogens (tertiary/aromatic N) is 1. The Kier molecular flexibility index (Phi) is 5.82. The summed E-state index contributed by atoms with van der Waals surface area (Å²) >= 11 is 6.16. The van der Waals surface area contributed by atoms with E-state index in [1.165, 1.54) is 6.92 Å². The van der Waals surface area contributed by atoms with E-state index in [9.17, 15) is 14.4 Å². The Morgan fingerprint density at radius 1 is 1.30 bits per heavy atom. The number of rotatable bonds is 4. The minimum Gasteiger partial charge on any atom is -0.343 e. The Bertz CT molecular complexity index is 577. The van der Waals surface area contributed by atoms with Gasteiger partial charge in [0.15, 0.2) is 0 Å². The van der Waals surface area contributed by atoms with Crippen LogP contribution in [0.2, 0.25) is 0 Å². The third-order valence-corrected chi connectivity index (χ3v) is 4.40. The monoisotopic (exact) mass is 339 g/mol. The fraction of sp³-hybridized carbons (Fsp3) is 0.562. The zero-order valence-corrected chi connectivity index (χ0v) is 14.2. The second-order valence-corrected chi connectivity index (χ2v) is 6.39. The van der Waals surface area contributed by atoms with Gasteiger partial charge in [0, 0.05) is 37.2 Å². The Hall–Kier alpha value is -1.82. The Morgan fingerprint density at radius 2 is 1.96 bits per heavy atom. The Balaban J connectivity index is 1.97. The van der Waals surface area contributed by atoms with Gasteiger partial charge < -0.3 is 15.5 Å². The van der Waals surface area contributed by atoms with Crippen LogP contribution >= 0.6 is 11.6 Å². The van der Waals surface area contributed by atoms with E-state index in [1.54, 1.807) is 11.0 Å². The van der Waals surface area contributed by atoms with Gasteiger partial charge in [0.1, 0.15) is 0 Å². The third kappa shape index (κ3) is 4.58. The van der Waals surface area contributed by atoms with Crippen LogP contribution in [-0.4, -0.2) is 42.3 Å². The second kappa shape index (κ2) is 7.64. The fourth-order valence-electron chi connectivity index (χ4n) is 2.78. The number of likely N-dealkylation sites (tertiary alicyclic amines) is 1. The largest absolute Gasteiger partial charge is 0.343 e. The van der Waals surface area contributed by atoms with E-state index < -0.39 is 0 Å². The van der Waals surface area contributed by atoms with Crippen molar-refractivity contribution in [1.82, 2.24) is 15.5 Å². The summed E-state index contributed by atoms with van der Waals surface area (Å²) in [5.41, 5.74) is 1.15. The molecule has 2 N–H and O–H groups in total. The quantitative estimate of drug-likeness (QED) is 0.809. The van der Waals surface area contributed by atoms with Crippen molar-refractivity contribution in [3.05, 3.63) is 22.4 Å². The molecule has 0 saturated carbocycles. The maximum Gasteiger partial charge on any atom is 0.249 e. The molecule has 3 amide bonds. The van der Waals surface area contributed by atoms with Gasteiger partial charge in [0.25, 0.3) is 0 Å². The average molecular weight is 340 g/mol. The highest BCUT2D eigenvalue weighted by molar-refractivity contribution is 6.33. The molecule has 6 nitrogen and oxygen atoms in total. The van der Waals surface area contributed by atoms with Gasteiger partial charge in [-0.3, -0.25) is 14.4 Å². The summed E-state index contributed by atoms with van der Waals surface area (Å²) in [6.07, 6.45) is 4.07. The van der Waals surface area contributed by atoms with E-state index >= 15 is 0 Å². The summed E-state index contributed by atoms with van der Waals surface area (Å²) in [6, 6.07) is 0. The van der Waals surface area contributed by atoms with Crippen LogP contribution in [0.25, 0.3) is 0 Å². The Morgan fingerprint density at radius 3 is 2.57 bits per heavy atom. The number of hydrogen-bond acceptors (Lipinski definition) is 3. The topological polar surface area (TPSA) is 78.5 Å². The maximum atomic E-state index is 12.3. The number of hydrogen-bond donors (Lipinski definition) is 2. The first kappa shape index (κ1) is 17.5. The molecule has 0 bridgehead atoms. The molecule has 2 aliphatic rings. The molecule has 1 saturated heterocycles. The van der Waals surface area contributed by atoms with Crippen LogP contribution in [0.4, 0.5) is 0 Å². The van der Waals surface area contributed by atoms with Crippen molar-refractivity contribution >= 4 is 29.3 Å². The number of carbonyl (C=O) groups is 3. The van der Waals surface area contributed by atoms with Crippen molar-refractivity contribution in [3.63, 3.8) is 0 Å². The van der Waals surface area contributed by atoms with Crippen molar-refractivity contribution in [3.8, 4) is 0 Å². The molecule has 1 aliphatic carbocycles. The van der Waals surface area contributed by atoms with E-state index in [0.717, 1.165) is 25.9 Å². The first-order valence-corrected chi connectivity index (χ1v) is 8.20. The minimum absolute atomic E-state index is 0.0108. The molecule has 1 aliphatic heterocycles. The number of allylic oxidation sites excluding steroid dienone is 3. The molecule has 1 unspecified atom stereocenters. The molecule has 0 aromatic heterocycles. The van der Waals surface area contributed by atoms with E-state index in [2.05, 4.69) is 10.6 Å². The molecule has 126 valence electrons. The van der Waals surface area contributed by atoms with Gasteiger partial charge >= 0.3 is 0 Å². The first-order valence-electron chi connectivity index (χ1n) is 7.82. The predicted octanol–water partition coefficient (Wildman–Crippen LogP) is 1.28. The van der Waals surface area contributed by atoms with Gasteiger partial charge in [-0.25, -0.2) is 0 Å². The molecule has 0 radical (unpaired) electrons. The van der Waals surface area contributed by atoms with E-state index in [-0.39, 0.29) is 30.2 Å². The average Bonchev–Trinajstić information content (AvgIpc) is 3.01. The van der Waals surface area contributed by atoms with Crippen LogP contribution in [0, 0.1) is 5.92 Å². The lowest BCUT2D eigenvalue weighted by Gasteiger charge is -2.23. The second-order valence-electron chi connectivity index (χ2n) is 5.98. The van der Waals surface area contributed by atoms with Gasteiger partial charge in [0.2, 0.25) is 17.7 Å². The molecule has 1 heterocycles. The summed E-state index contributed by atoms with van der Waals surface area (Å²) in [5.74, 6) is -0.577. The highest BCUT2D eigenvalue weighted by atomic mass is 35.5. The van der Waals surface area contributed by atoms with Gasteiger partial charge in [-0.05, 0) is 25.3 Å². The van der Waals surface area contributed by atoms with Crippen LogP contribution < -0.4 is 10.6 Å². The smallest absolute Gasteiger partial charge is 0.249 e. The Labute approximate surface area is 140 Å². The van der Waals surface area contributed by atoms with E-state index in [1.807, 2.05) is 6.92 Å². The van der Waals surface area contributed by atoms with E-state index in [0.29, 0.717) is 22.7 Å². The van der Waals surface area contributed by atoms with Crippen molar-refractivity contribution in [2.45, 2.75) is 33.1 Å². The van der Waals surface area contributed by atoms with Gasteiger partial charge in [-0.15, -0.1) is 0 Å². The van der Waals surface area contributed by atoms with Crippen LogP contribution in [0.5, 0.6) is 0 Å². The summed E-state index contributed by atoms with van der Waals surface area (Å²) in [6.45, 7) is 4.85. The highest BCUT2D eigenvalue weighted by Gasteiger charge is 2.25. The molecule has 0 aromatic rings. The fourth-order valence-corrected chi connectivity index (χ4v) is 3.06. The van der Waals surface area contributed by atoms with Crippen molar-refractivity contribution in [2.24, 2.45) is 5.92 Å². The molecule has 0 aromatic carbocycles. The van der Waals surface area contributed by atoms with Gasteiger partial charge in [-0.2, -0.15) is 0 Å². The molecule has 0 spiro atoms. The lowest BCUT2D eigenvalue weighted by Crippen LogP contribution is -2.39. The highest BCUT2D eigenvalue weighted by Crippen LogP contribution is 2.29. The van der Waals surface area contributed by atoms with Crippen molar-refractivity contribution < 1.29 is 14.4 Å². The van der Waals surface area contributed by atoms with Crippen LogP contribution in [-0.2, 0) is 14.4 Å². The number of nitrogens with one attached hydrogen (secondary N) is 2. The standard InChI is InChI=1S/C16H22ClN3O3/c1-10-7-12(13(17)8-14(10)19-11(2)21)16(23)18-9-15(22)20-5-3-4-6-20/h8,10H,3-7,9H2,1-2H3,(H,18,23)(H,19,21). The van der Waals surface area contributed by atoms with Crippen molar-refractivity contribution in [1.29, 1.82) is 0 Å². The summed E-state index contributed by atoms with van der Waals surface area (Å²) < 4.78 is 0. The lowest BCUT2D eigenvalue weighted by molar-refractivity contribution is -0.131. The van der Waals surface area contributed by atoms with Gasteiger partial charge in [-0.1, -0.05) is 18.5 Å². The lowest BCUT2D eigenvalue weighted by atomic mass is 9.92. The first-order chi connectivity index (χ1) is 10.9. The maximum absolute atomic E-state index is 12.3. The molecule has 1 fully saturated rings. The number of amides is 3. The predicted molar refractivity (Wildman–Crippen MR) is 87.4 cm³/mol. The van der Waals surface area contributed by atoms with Crippen LogP contribution in [0.15, 0.2) is 22.4 Å². The van der Waals surface area contributed by atoms with Crippen LogP contribution in [0.1, 0.15) is 33.1 Å².